The van der Waals surface area contributed by atoms with Crippen LogP contribution in [0.4, 0.5) is 5.95 Å². The van der Waals surface area contributed by atoms with Crippen LogP contribution in [0.3, 0.4) is 0 Å². The molecule has 2 aromatic rings. The molecule has 6 heteroatoms. The Morgan fingerprint density at radius 1 is 1.35 bits per heavy atom. The molecule has 0 aliphatic heterocycles. The number of imidazole rings is 1. The number of hydrogen-bond acceptors (Lipinski definition) is 4. The average Bonchev–Trinajstić information content (AvgIpc) is 2.63. The van der Waals surface area contributed by atoms with E-state index in [0.717, 1.165) is 28.2 Å². The summed E-state index contributed by atoms with van der Waals surface area (Å²) in [5.74, 6) is 1.42. The van der Waals surface area contributed by atoms with E-state index >= 15 is 0 Å². The minimum absolute atomic E-state index is 0.622. The second-order valence-electron chi connectivity index (χ2n) is 3.68. The molecule has 0 aliphatic rings. The predicted molar refractivity (Wildman–Crippen MR) is 70.5 cm³/mol. The maximum Gasteiger partial charge on any atom is 0.224 e. The highest BCUT2D eigenvalue weighted by molar-refractivity contribution is 9.10. The fraction of sp³-hybridized carbons (Fsp3) is 0.364. The van der Waals surface area contributed by atoms with Crippen molar-refractivity contribution in [2.45, 2.75) is 20.8 Å². The third-order valence-electron chi connectivity index (χ3n) is 2.54. The van der Waals surface area contributed by atoms with E-state index in [0.29, 0.717) is 5.95 Å². The number of rotatable bonds is 3. The summed E-state index contributed by atoms with van der Waals surface area (Å²) in [4.78, 5) is 12.9. The SMILES string of the molecule is CCNc1ncc(Br)c(-n2cnc(C)c2C)n1. The molecule has 0 amide bonds. The molecule has 0 saturated carbocycles. The maximum absolute atomic E-state index is 4.46. The van der Waals surface area contributed by atoms with Crippen LogP contribution in [-0.4, -0.2) is 26.1 Å². The topological polar surface area (TPSA) is 55.6 Å². The Balaban J connectivity index is 2.50. The van der Waals surface area contributed by atoms with Crippen LogP contribution in [0.25, 0.3) is 5.82 Å². The standard InChI is InChI=1S/C11H14BrN5/c1-4-13-11-14-5-9(12)10(16-11)17-6-15-7(2)8(17)3/h5-6H,4H2,1-3H3,(H,13,14,16). The average molecular weight is 296 g/mol. The summed E-state index contributed by atoms with van der Waals surface area (Å²) in [5.41, 5.74) is 2.08. The summed E-state index contributed by atoms with van der Waals surface area (Å²) in [5, 5.41) is 3.09. The van der Waals surface area contributed by atoms with Gasteiger partial charge in [0.2, 0.25) is 5.95 Å². The minimum atomic E-state index is 0.622. The molecule has 0 fully saturated rings. The molecule has 17 heavy (non-hydrogen) atoms. The van der Waals surface area contributed by atoms with E-state index in [1.807, 2.05) is 25.3 Å². The highest BCUT2D eigenvalue weighted by atomic mass is 79.9. The Morgan fingerprint density at radius 3 is 2.71 bits per heavy atom. The zero-order chi connectivity index (χ0) is 12.4. The Kier molecular flexibility index (Phi) is 3.42. The van der Waals surface area contributed by atoms with Crippen molar-refractivity contribution in [2.24, 2.45) is 0 Å². The second-order valence-corrected chi connectivity index (χ2v) is 4.54. The quantitative estimate of drug-likeness (QED) is 0.945. The van der Waals surface area contributed by atoms with Gasteiger partial charge in [-0.05, 0) is 36.7 Å². The van der Waals surface area contributed by atoms with Crippen LogP contribution in [0, 0.1) is 13.8 Å². The van der Waals surface area contributed by atoms with Crippen LogP contribution in [-0.2, 0) is 0 Å². The van der Waals surface area contributed by atoms with E-state index in [4.69, 9.17) is 0 Å². The predicted octanol–water partition coefficient (Wildman–Crippen LogP) is 2.47. The molecular formula is C11H14BrN5. The Bertz CT molecular complexity index is 535. The number of halogens is 1. The van der Waals surface area contributed by atoms with Crippen molar-refractivity contribution in [3.63, 3.8) is 0 Å². The van der Waals surface area contributed by atoms with Gasteiger partial charge < -0.3 is 5.32 Å². The lowest BCUT2D eigenvalue weighted by atomic mass is 10.4. The molecule has 0 unspecified atom stereocenters. The molecule has 0 saturated heterocycles. The molecule has 2 heterocycles. The normalized spacial score (nSPS) is 10.6. The van der Waals surface area contributed by atoms with E-state index in [1.54, 1.807) is 12.5 Å². The Morgan fingerprint density at radius 2 is 2.12 bits per heavy atom. The number of nitrogens with one attached hydrogen (secondary N) is 1. The van der Waals surface area contributed by atoms with Crippen LogP contribution in [0.15, 0.2) is 17.0 Å². The van der Waals surface area contributed by atoms with Gasteiger partial charge >= 0.3 is 0 Å². The number of aromatic nitrogens is 4. The molecule has 2 rings (SSSR count). The van der Waals surface area contributed by atoms with Crippen molar-refractivity contribution < 1.29 is 0 Å². The van der Waals surface area contributed by atoms with Gasteiger partial charge in [-0.25, -0.2) is 9.97 Å². The van der Waals surface area contributed by atoms with Crippen LogP contribution in [0.5, 0.6) is 0 Å². The van der Waals surface area contributed by atoms with Crippen molar-refractivity contribution in [1.82, 2.24) is 19.5 Å². The van der Waals surface area contributed by atoms with Crippen molar-refractivity contribution in [1.29, 1.82) is 0 Å². The number of hydrogen-bond donors (Lipinski definition) is 1. The van der Waals surface area contributed by atoms with Gasteiger partial charge in [0, 0.05) is 18.4 Å². The summed E-state index contributed by atoms with van der Waals surface area (Å²) in [6.07, 6.45) is 3.52. The van der Waals surface area contributed by atoms with Crippen LogP contribution in [0.1, 0.15) is 18.3 Å². The fourth-order valence-corrected chi connectivity index (χ4v) is 1.86. The Hall–Kier alpha value is -1.43. The van der Waals surface area contributed by atoms with Crippen LogP contribution in [0.2, 0.25) is 0 Å². The molecule has 0 atom stereocenters. The number of anilines is 1. The first-order chi connectivity index (χ1) is 8.13. The highest BCUT2D eigenvalue weighted by Crippen LogP contribution is 2.21. The van der Waals surface area contributed by atoms with Crippen molar-refractivity contribution in [2.75, 3.05) is 11.9 Å². The fourth-order valence-electron chi connectivity index (χ4n) is 1.48. The molecule has 5 nitrogen and oxygen atoms in total. The first-order valence-corrected chi connectivity index (χ1v) is 6.20. The van der Waals surface area contributed by atoms with Crippen LogP contribution >= 0.6 is 15.9 Å². The zero-order valence-corrected chi connectivity index (χ0v) is 11.6. The molecule has 0 spiro atoms. The van der Waals surface area contributed by atoms with E-state index in [-0.39, 0.29) is 0 Å². The highest BCUT2D eigenvalue weighted by Gasteiger charge is 2.10. The molecule has 0 bridgehead atoms. The monoisotopic (exact) mass is 295 g/mol. The molecular weight excluding hydrogens is 282 g/mol. The minimum Gasteiger partial charge on any atom is -0.354 e. The third kappa shape index (κ3) is 2.31. The van der Waals surface area contributed by atoms with Gasteiger partial charge in [-0.1, -0.05) is 0 Å². The van der Waals surface area contributed by atoms with Crippen molar-refractivity contribution in [3.05, 3.63) is 28.4 Å². The maximum atomic E-state index is 4.46. The van der Waals surface area contributed by atoms with Gasteiger partial charge in [0.25, 0.3) is 0 Å². The van der Waals surface area contributed by atoms with Gasteiger partial charge in [0.05, 0.1) is 10.2 Å². The molecule has 0 aliphatic carbocycles. The van der Waals surface area contributed by atoms with Gasteiger partial charge in [0.1, 0.15) is 6.33 Å². The first kappa shape index (κ1) is 12.0. The zero-order valence-electron chi connectivity index (χ0n) is 10.0. The second kappa shape index (κ2) is 4.83. The summed E-state index contributed by atoms with van der Waals surface area (Å²) >= 11 is 3.46. The van der Waals surface area contributed by atoms with Crippen molar-refractivity contribution in [3.8, 4) is 5.82 Å². The molecule has 90 valence electrons. The van der Waals surface area contributed by atoms with Crippen molar-refractivity contribution >= 4 is 21.9 Å². The van der Waals surface area contributed by atoms with E-state index in [9.17, 15) is 0 Å². The summed E-state index contributed by atoms with van der Waals surface area (Å²) in [6.45, 7) is 6.80. The smallest absolute Gasteiger partial charge is 0.224 e. The summed E-state index contributed by atoms with van der Waals surface area (Å²) in [7, 11) is 0. The van der Waals surface area contributed by atoms with E-state index < -0.39 is 0 Å². The molecule has 2 aromatic heterocycles. The number of nitrogens with zero attached hydrogens (tertiary/aromatic N) is 4. The Labute approximate surface area is 108 Å². The lowest BCUT2D eigenvalue weighted by Crippen LogP contribution is -2.07. The number of aryl methyl sites for hydroxylation is 1. The largest absolute Gasteiger partial charge is 0.354 e. The third-order valence-corrected chi connectivity index (χ3v) is 3.10. The van der Waals surface area contributed by atoms with Gasteiger partial charge in [-0.3, -0.25) is 4.57 Å². The lowest BCUT2D eigenvalue weighted by Gasteiger charge is -2.09. The summed E-state index contributed by atoms with van der Waals surface area (Å²) in [6, 6.07) is 0. The van der Waals surface area contributed by atoms with Gasteiger partial charge in [-0.2, -0.15) is 4.98 Å². The van der Waals surface area contributed by atoms with E-state index in [2.05, 4.69) is 36.2 Å². The molecule has 0 aromatic carbocycles. The molecule has 0 radical (unpaired) electrons. The molecule has 1 N–H and O–H groups in total. The van der Waals surface area contributed by atoms with Crippen LogP contribution < -0.4 is 5.32 Å². The lowest BCUT2D eigenvalue weighted by molar-refractivity contribution is 0.922. The van der Waals surface area contributed by atoms with Gasteiger partial charge in [-0.15, -0.1) is 0 Å². The van der Waals surface area contributed by atoms with E-state index in [1.165, 1.54) is 0 Å². The first-order valence-electron chi connectivity index (χ1n) is 5.40. The van der Waals surface area contributed by atoms with Gasteiger partial charge in [0.15, 0.2) is 5.82 Å². The summed E-state index contributed by atoms with van der Waals surface area (Å²) < 4.78 is 2.79.